The highest BCUT2D eigenvalue weighted by Gasteiger charge is 2.45. The molecule has 0 bridgehead atoms. The van der Waals surface area contributed by atoms with Gasteiger partial charge in [0, 0.05) is 25.5 Å². The van der Waals surface area contributed by atoms with E-state index in [1.54, 1.807) is 72.4 Å². The number of benzene rings is 3. The van der Waals surface area contributed by atoms with Crippen LogP contribution in [-0.4, -0.2) is 71.1 Å². The summed E-state index contributed by atoms with van der Waals surface area (Å²) in [6.07, 6.45) is 0. The number of rotatable bonds is 4. The van der Waals surface area contributed by atoms with Gasteiger partial charge in [0.2, 0.25) is 0 Å². The molecule has 0 saturated heterocycles. The van der Waals surface area contributed by atoms with Crippen LogP contribution in [0.15, 0.2) is 95.3 Å². The molecule has 12 heteroatoms. The lowest BCUT2D eigenvalue weighted by atomic mass is 9.95. The summed E-state index contributed by atoms with van der Waals surface area (Å²) in [5.41, 5.74) is 4.63. The van der Waals surface area contributed by atoms with Crippen molar-refractivity contribution in [2.45, 2.75) is 12.1 Å². The number of likely N-dealkylation sites (N-methyl/N-ethyl adjacent to an activating group) is 2. The number of carbonyl (C=O) groups excluding carboxylic acids is 4. The Bertz CT molecular complexity index is 1670. The quantitative estimate of drug-likeness (QED) is 0.366. The molecule has 4 aliphatic rings. The molecule has 7 rings (SSSR count). The summed E-state index contributed by atoms with van der Waals surface area (Å²) in [4.78, 5) is 59.1. The molecule has 3 aromatic carbocycles. The Hall–Kier alpha value is -5.78. The van der Waals surface area contributed by atoms with Crippen molar-refractivity contribution in [2.75, 3.05) is 37.0 Å². The van der Waals surface area contributed by atoms with Gasteiger partial charge in [0.15, 0.2) is 0 Å². The van der Waals surface area contributed by atoms with Crippen molar-refractivity contribution in [1.82, 2.24) is 20.4 Å². The maximum Gasteiger partial charge on any atom is 0.322 e. The third kappa shape index (κ3) is 4.14. The highest BCUT2D eigenvalue weighted by atomic mass is 16.3. The van der Waals surface area contributed by atoms with Crippen LogP contribution in [0.4, 0.5) is 21.0 Å². The predicted molar refractivity (Wildman–Crippen MR) is 159 cm³/mol. The molecule has 0 saturated carbocycles. The number of phenols is 2. The number of nitrogens with one attached hydrogen (secondary N) is 2. The van der Waals surface area contributed by atoms with E-state index in [1.165, 1.54) is 34.1 Å². The first kappa shape index (κ1) is 27.1. The van der Waals surface area contributed by atoms with Crippen LogP contribution >= 0.6 is 0 Å². The van der Waals surface area contributed by atoms with E-state index in [0.717, 1.165) is 0 Å². The highest BCUT2D eigenvalue weighted by Crippen LogP contribution is 2.40. The third-order valence-electron chi connectivity index (χ3n) is 8.65. The number of hydrogen-bond acceptors (Lipinski definition) is 6. The Morgan fingerprint density at radius 2 is 0.909 bits per heavy atom. The van der Waals surface area contributed by atoms with E-state index in [9.17, 15) is 29.4 Å². The van der Waals surface area contributed by atoms with Gasteiger partial charge in [-0.25, -0.2) is 9.59 Å². The van der Waals surface area contributed by atoms with Gasteiger partial charge in [0.1, 0.15) is 11.5 Å². The number of aromatic hydroxyl groups is 2. The molecule has 2 atom stereocenters. The largest absolute Gasteiger partial charge is 0.508 e. The lowest BCUT2D eigenvalue weighted by Gasteiger charge is -2.31. The summed E-state index contributed by atoms with van der Waals surface area (Å²) in [5, 5.41) is 25.2. The fourth-order valence-corrected chi connectivity index (χ4v) is 6.20. The highest BCUT2D eigenvalue weighted by molar-refractivity contribution is 6.13. The first-order valence-electron chi connectivity index (χ1n) is 14.0. The van der Waals surface area contributed by atoms with Crippen LogP contribution in [-0.2, 0) is 9.59 Å². The average Bonchev–Trinajstić information content (AvgIpc) is 3.55. The molecular weight excluding hydrogens is 564 g/mol. The van der Waals surface area contributed by atoms with Gasteiger partial charge in [0.05, 0.1) is 47.7 Å². The number of carbonyl (C=O) groups is 4. The molecule has 0 spiro atoms. The second-order valence-electron chi connectivity index (χ2n) is 11.1. The second-order valence-corrected chi connectivity index (χ2v) is 11.1. The normalized spacial score (nSPS) is 21.6. The second kappa shape index (κ2) is 9.90. The van der Waals surface area contributed by atoms with Crippen LogP contribution < -0.4 is 20.4 Å². The average molecular weight is 593 g/mol. The van der Waals surface area contributed by atoms with E-state index >= 15 is 0 Å². The monoisotopic (exact) mass is 592 g/mol. The Morgan fingerprint density at radius 3 is 1.25 bits per heavy atom. The minimum Gasteiger partial charge on any atom is -0.508 e. The van der Waals surface area contributed by atoms with E-state index in [2.05, 4.69) is 10.6 Å². The summed E-state index contributed by atoms with van der Waals surface area (Å²) >= 11 is 0. The molecule has 0 aliphatic carbocycles. The maximum absolute atomic E-state index is 13.8. The summed E-state index contributed by atoms with van der Waals surface area (Å²) in [7, 11) is 3.24. The molecule has 6 amide bonds. The smallest absolute Gasteiger partial charge is 0.322 e. The number of urea groups is 2. The number of nitrogens with zero attached hydrogens (tertiary/aromatic N) is 4. The van der Waals surface area contributed by atoms with E-state index in [4.69, 9.17) is 0 Å². The molecule has 4 heterocycles. The zero-order chi connectivity index (χ0) is 30.9. The van der Waals surface area contributed by atoms with Crippen LogP contribution in [0.1, 0.15) is 23.2 Å². The number of phenolic OH excluding ortho intramolecular Hbond substituents is 2. The zero-order valence-electron chi connectivity index (χ0n) is 23.8. The van der Waals surface area contributed by atoms with Gasteiger partial charge < -0.3 is 30.6 Å². The van der Waals surface area contributed by atoms with E-state index < -0.39 is 12.1 Å². The molecule has 4 N–H and O–H groups in total. The van der Waals surface area contributed by atoms with E-state index in [0.29, 0.717) is 45.0 Å². The fraction of sp³-hybridized carbons (Fsp3) is 0.188. The Balaban J connectivity index is 1.15. The van der Waals surface area contributed by atoms with Gasteiger partial charge in [0.25, 0.3) is 11.8 Å². The summed E-state index contributed by atoms with van der Waals surface area (Å²) in [6.45, 7) is 0.384. The van der Waals surface area contributed by atoms with Gasteiger partial charge in [-0.15, -0.1) is 0 Å². The van der Waals surface area contributed by atoms with Crippen molar-refractivity contribution in [3.05, 3.63) is 106 Å². The van der Waals surface area contributed by atoms with Gasteiger partial charge in [-0.05, 0) is 59.7 Å². The minimum absolute atomic E-state index is 0.0830. The molecule has 4 aliphatic heterocycles. The predicted octanol–water partition coefficient (Wildman–Crippen LogP) is 3.09. The van der Waals surface area contributed by atoms with Crippen molar-refractivity contribution in [2.24, 2.45) is 0 Å². The van der Waals surface area contributed by atoms with Crippen molar-refractivity contribution in [3.63, 3.8) is 0 Å². The maximum atomic E-state index is 13.8. The van der Waals surface area contributed by atoms with Gasteiger partial charge in [-0.1, -0.05) is 24.3 Å². The summed E-state index contributed by atoms with van der Waals surface area (Å²) < 4.78 is 0. The van der Waals surface area contributed by atoms with Crippen molar-refractivity contribution in [1.29, 1.82) is 0 Å². The van der Waals surface area contributed by atoms with Crippen LogP contribution in [0.2, 0.25) is 0 Å². The fourth-order valence-electron chi connectivity index (χ4n) is 6.20. The van der Waals surface area contributed by atoms with Crippen LogP contribution in [0, 0.1) is 0 Å². The molecule has 44 heavy (non-hydrogen) atoms. The van der Waals surface area contributed by atoms with Crippen molar-refractivity contribution < 1.29 is 29.4 Å². The first-order chi connectivity index (χ1) is 21.1. The molecule has 0 radical (unpaired) electrons. The Morgan fingerprint density at radius 1 is 0.568 bits per heavy atom. The van der Waals surface area contributed by atoms with E-state index in [-0.39, 0.29) is 48.5 Å². The topological polar surface area (TPSA) is 146 Å². The van der Waals surface area contributed by atoms with Crippen molar-refractivity contribution >= 4 is 35.3 Å². The first-order valence-corrected chi connectivity index (χ1v) is 14.0. The van der Waals surface area contributed by atoms with Crippen molar-refractivity contribution in [3.8, 4) is 11.5 Å². The van der Waals surface area contributed by atoms with Gasteiger partial charge in [-0.3, -0.25) is 19.4 Å². The zero-order valence-corrected chi connectivity index (χ0v) is 23.8. The molecule has 0 aromatic heterocycles. The Kier molecular flexibility index (Phi) is 6.09. The lowest BCUT2D eigenvalue weighted by Crippen LogP contribution is -2.45. The molecule has 0 unspecified atom stereocenters. The van der Waals surface area contributed by atoms with Gasteiger partial charge in [-0.2, -0.15) is 0 Å². The number of amides is 6. The number of hydrogen-bond donors (Lipinski definition) is 4. The molecule has 3 aromatic rings. The Labute approximate surface area is 252 Å². The number of anilines is 2. The standard InChI is InChI=1S/C32H28N6O6/c1-35-23-15-37(29(41)25(23)27(33-31(35)43)17-3-11-21(39)12-4-17)19-7-9-20(10-8-19)38-16-24-26(30(38)42)28(34-32(44)36(24)2)18-5-13-22(40)14-6-18/h3-14,27-28,39-40H,15-16H2,1-2H3,(H,33,43)(H,34,44)/t27-,28-/m0/s1. The van der Waals surface area contributed by atoms with E-state index in [1.807, 2.05) is 0 Å². The molecule has 0 fully saturated rings. The lowest BCUT2D eigenvalue weighted by molar-refractivity contribution is -0.115. The van der Waals surface area contributed by atoms with Crippen LogP contribution in [0.3, 0.4) is 0 Å². The molecule has 12 nitrogen and oxygen atoms in total. The third-order valence-corrected chi connectivity index (χ3v) is 8.65. The van der Waals surface area contributed by atoms with Crippen LogP contribution in [0.25, 0.3) is 0 Å². The molecular formula is C32H28N6O6. The SMILES string of the molecule is CN1C(=O)N[C@@H](c2ccc(O)cc2)C2=C1CN(c1ccc(N3CC4=C(C3=O)[C@H](c3ccc(O)cc3)NC(=O)N4C)cc1)C2=O. The summed E-state index contributed by atoms with van der Waals surface area (Å²) in [5.74, 6) is -0.343. The van der Waals surface area contributed by atoms with Gasteiger partial charge >= 0.3 is 12.1 Å². The summed E-state index contributed by atoms with van der Waals surface area (Å²) in [6, 6.07) is 17.8. The van der Waals surface area contributed by atoms with Crippen LogP contribution in [0.5, 0.6) is 11.5 Å². The molecule has 222 valence electrons. The minimum atomic E-state index is -0.666.